The first kappa shape index (κ1) is 23.7. The van der Waals surface area contributed by atoms with Crippen LogP contribution in [0.4, 0.5) is 36.8 Å². The molecular weight excluding hydrogens is 460 g/mol. The van der Waals surface area contributed by atoms with Gasteiger partial charge < -0.3 is 14.8 Å². The van der Waals surface area contributed by atoms with Crippen LogP contribution in [0.1, 0.15) is 40.4 Å². The number of aryl methyl sites for hydroxylation is 2. The lowest BCUT2D eigenvalue weighted by molar-refractivity contribution is -0.143. The summed E-state index contributed by atoms with van der Waals surface area (Å²) in [5.74, 6) is 0. The molecule has 2 heterocycles. The summed E-state index contributed by atoms with van der Waals surface area (Å²) >= 11 is 0. The Balaban J connectivity index is 1.72. The van der Waals surface area contributed by atoms with Crippen LogP contribution in [0.5, 0.6) is 0 Å². The maximum absolute atomic E-state index is 13.3. The summed E-state index contributed by atoms with van der Waals surface area (Å²) in [6, 6.07) is 10.9. The lowest BCUT2D eigenvalue weighted by Crippen LogP contribution is -2.39. The van der Waals surface area contributed by atoms with Crippen molar-refractivity contribution in [1.29, 1.82) is 0 Å². The zero-order valence-electron chi connectivity index (χ0n) is 18.0. The number of hydrogen-bond acceptors (Lipinski definition) is 1. The molecule has 4 nitrogen and oxygen atoms in total. The lowest BCUT2D eigenvalue weighted by atomic mass is 10.0. The van der Waals surface area contributed by atoms with Gasteiger partial charge >= 0.3 is 18.4 Å². The molecule has 0 saturated heterocycles. The normalized spacial score (nSPS) is 16.7. The minimum Gasteiger partial charge on any atom is -0.349 e. The van der Waals surface area contributed by atoms with Crippen LogP contribution >= 0.6 is 0 Å². The van der Waals surface area contributed by atoms with E-state index in [0.717, 1.165) is 16.8 Å². The molecule has 1 N–H and O–H groups in total. The predicted molar refractivity (Wildman–Crippen MR) is 114 cm³/mol. The molecule has 3 aromatic rings. The van der Waals surface area contributed by atoms with Crippen molar-refractivity contribution in [3.8, 4) is 0 Å². The Morgan fingerprint density at radius 2 is 1.53 bits per heavy atom. The number of hydrogen-bond donors (Lipinski definition) is 1. The minimum absolute atomic E-state index is 0.0313. The van der Waals surface area contributed by atoms with Gasteiger partial charge in [-0.3, -0.25) is 0 Å². The van der Waals surface area contributed by atoms with Gasteiger partial charge in [0.15, 0.2) is 0 Å². The molecule has 1 aromatic heterocycles. The topological polar surface area (TPSA) is 37.3 Å². The predicted octanol–water partition coefficient (Wildman–Crippen LogP) is 6.86. The summed E-state index contributed by atoms with van der Waals surface area (Å²) in [6.45, 7) is 2.79. The number of benzene rings is 2. The standard InChI is InChI=1S/C24H21F6N3O/c1-15-5-7-16(8-6-15)21-20-4-2-9-32(20)10-3-11-33(21)22(34)31-19-13-17(23(25,26)27)12-18(14-19)24(28,29)30/h2,4-9,12-14,21H,3,10-11H2,1H3,(H,31,34). The van der Waals surface area contributed by atoms with Crippen molar-refractivity contribution in [1.82, 2.24) is 9.47 Å². The average molecular weight is 481 g/mol. The number of anilines is 1. The number of carbonyl (C=O) groups excluding carboxylic acids is 1. The van der Waals surface area contributed by atoms with Crippen LogP contribution in [0.15, 0.2) is 60.8 Å². The van der Waals surface area contributed by atoms with Crippen LogP contribution in [0.2, 0.25) is 0 Å². The highest BCUT2D eigenvalue weighted by Gasteiger charge is 2.38. The fraction of sp³-hybridized carbons (Fsp3) is 0.292. The molecule has 34 heavy (non-hydrogen) atoms. The Bertz CT molecular complexity index is 1150. The SMILES string of the molecule is Cc1ccc(C2c3cccn3CCCN2C(=O)Nc2cc(C(F)(F)F)cc(C(F)(F)F)c2)cc1. The number of nitrogens with one attached hydrogen (secondary N) is 1. The molecule has 0 fully saturated rings. The van der Waals surface area contributed by atoms with Crippen molar-refractivity contribution >= 4 is 11.7 Å². The van der Waals surface area contributed by atoms with Crippen LogP contribution in [0, 0.1) is 6.92 Å². The molecule has 180 valence electrons. The van der Waals surface area contributed by atoms with Gasteiger partial charge in [0.2, 0.25) is 0 Å². The van der Waals surface area contributed by atoms with Gasteiger partial charge in [0, 0.05) is 30.7 Å². The molecule has 0 spiro atoms. The maximum Gasteiger partial charge on any atom is 0.416 e. The van der Waals surface area contributed by atoms with Crippen LogP contribution in [0.3, 0.4) is 0 Å². The third-order valence-corrected chi connectivity index (χ3v) is 5.75. The average Bonchev–Trinajstić information content (AvgIpc) is 3.13. The molecule has 4 rings (SSSR count). The van der Waals surface area contributed by atoms with E-state index in [1.54, 1.807) is 0 Å². The van der Waals surface area contributed by atoms with Crippen LogP contribution < -0.4 is 5.32 Å². The van der Waals surface area contributed by atoms with Gasteiger partial charge in [-0.1, -0.05) is 29.8 Å². The van der Waals surface area contributed by atoms with E-state index >= 15 is 0 Å². The number of fused-ring (bicyclic) bond motifs is 1. The summed E-state index contributed by atoms with van der Waals surface area (Å²) in [5, 5.41) is 2.28. The minimum atomic E-state index is -5.01. The molecule has 0 radical (unpaired) electrons. The van der Waals surface area contributed by atoms with Crippen molar-refractivity contribution in [2.75, 3.05) is 11.9 Å². The van der Waals surface area contributed by atoms with Gasteiger partial charge in [-0.15, -0.1) is 0 Å². The summed E-state index contributed by atoms with van der Waals surface area (Å²) in [5.41, 5.74) is -0.962. The third kappa shape index (κ3) is 4.90. The van der Waals surface area contributed by atoms with E-state index in [2.05, 4.69) is 5.32 Å². The second-order valence-electron chi connectivity index (χ2n) is 8.21. The van der Waals surface area contributed by atoms with E-state index in [0.29, 0.717) is 25.1 Å². The molecular formula is C24H21F6N3O. The first-order chi connectivity index (χ1) is 15.9. The van der Waals surface area contributed by atoms with E-state index in [1.807, 2.05) is 54.1 Å². The van der Waals surface area contributed by atoms with E-state index < -0.39 is 41.2 Å². The quantitative estimate of drug-likeness (QED) is 0.399. The van der Waals surface area contributed by atoms with E-state index in [4.69, 9.17) is 0 Å². The highest BCUT2D eigenvalue weighted by atomic mass is 19.4. The fourth-order valence-corrected chi connectivity index (χ4v) is 4.12. The zero-order chi connectivity index (χ0) is 24.7. The van der Waals surface area contributed by atoms with Crippen molar-refractivity contribution in [2.45, 2.75) is 38.3 Å². The van der Waals surface area contributed by atoms with Gasteiger partial charge in [-0.2, -0.15) is 26.3 Å². The number of aromatic nitrogens is 1. The van der Waals surface area contributed by atoms with Crippen molar-refractivity contribution < 1.29 is 31.1 Å². The number of nitrogens with zero attached hydrogens (tertiary/aromatic N) is 2. The number of halogens is 6. The molecule has 1 unspecified atom stereocenters. The smallest absolute Gasteiger partial charge is 0.349 e. The number of urea groups is 1. The molecule has 0 bridgehead atoms. The number of alkyl halides is 6. The summed E-state index contributed by atoms with van der Waals surface area (Å²) in [6.07, 6.45) is -7.57. The monoisotopic (exact) mass is 481 g/mol. The number of rotatable bonds is 2. The largest absolute Gasteiger partial charge is 0.416 e. The highest BCUT2D eigenvalue weighted by molar-refractivity contribution is 5.90. The van der Waals surface area contributed by atoms with Crippen LogP contribution in [0.25, 0.3) is 0 Å². The molecule has 0 saturated carbocycles. The fourth-order valence-electron chi connectivity index (χ4n) is 4.12. The van der Waals surface area contributed by atoms with E-state index in [9.17, 15) is 31.1 Å². The van der Waals surface area contributed by atoms with Crippen LogP contribution in [-0.2, 0) is 18.9 Å². The van der Waals surface area contributed by atoms with Crippen LogP contribution in [-0.4, -0.2) is 22.0 Å². The Morgan fingerprint density at radius 1 is 0.912 bits per heavy atom. The Morgan fingerprint density at radius 3 is 2.12 bits per heavy atom. The first-order valence-corrected chi connectivity index (χ1v) is 10.5. The molecule has 1 atom stereocenters. The first-order valence-electron chi connectivity index (χ1n) is 10.5. The highest BCUT2D eigenvalue weighted by Crippen LogP contribution is 2.38. The molecule has 0 aliphatic carbocycles. The van der Waals surface area contributed by atoms with Crippen molar-refractivity contribution in [2.24, 2.45) is 0 Å². The summed E-state index contributed by atoms with van der Waals surface area (Å²) < 4.78 is 81.4. The molecule has 2 aromatic carbocycles. The summed E-state index contributed by atoms with van der Waals surface area (Å²) in [4.78, 5) is 14.7. The van der Waals surface area contributed by atoms with Gasteiger partial charge in [-0.05, 0) is 49.2 Å². The maximum atomic E-state index is 13.3. The number of carbonyl (C=O) groups is 1. The third-order valence-electron chi connectivity index (χ3n) is 5.75. The second-order valence-corrected chi connectivity index (χ2v) is 8.21. The molecule has 2 amide bonds. The van der Waals surface area contributed by atoms with Gasteiger partial charge in [0.25, 0.3) is 0 Å². The van der Waals surface area contributed by atoms with Gasteiger partial charge in [-0.25, -0.2) is 4.79 Å². The Kier molecular flexibility index (Phi) is 6.09. The Labute approximate surface area is 191 Å². The van der Waals surface area contributed by atoms with Crippen molar-refractivity contribution in [3.63, 3.8) is 0 Å². The molecule has 1 aliphatic rings. The van der Waals surface area contributed by atoms with Gasteiger partial charge in [0.1, 0.15) is 0 Å². The Hall–Kier alpha value is -3.43. The van der Waals surface area contributed by atoms with E-state index in [-0.39, 0.29) is 12.6 Å². The number of amides is 2. The molecule has 1 aliphatic heterocycles. The van der Waals surface area contributed by atoms with E-state index in [1.165, 1.54) is 4.90 Å². The molecule has 10 heteroatoms. The zero-order valence-corrected chi connectivity index (χ0v) is 18.0. The second kappa shape index (κ2) is 8.73. The summed E-state index contributed by atoms with van der Waals surface area (Å²) in [7, 11) is 0. The van der Waals surface area contributed by atoms with Gasteiger partial charge in [0.05, 0.1) is 17.2 Å². The lowest BCUT2D eigenvalue weighted by Gasteiger charge is -2.31. The van der Waals surface area contributed by atoms with Crippen molar-refractivity contribution in [3.05, 3.63) is 88.7 Å².